The minimum atomic E-state index is -0.522. The third-order valence-corrected chi connectivity index (χ3v) is 5.01. The molecule has 0 radical (unpaired) electrons. The maximum absolute atomic E-state index is 11.8. The lowest BCUT2D eigenvalue weighted by Gasteiger charge is -2.40. The molecular formula is C22H25NO5. The van der Waals surface area contributed by atoms with Crippen LogP contribution in [0.25, 0.3) is 0 Å². The van der Waals surface area contributed by atoms with E-state index in [1.165, 1.54) is 6.92 Å². The van der Waals surface area contributed by atoms with E-state index >= 15 is 0 Å². The zero-order valence-corrected chi connectivity index (χ0v) is 15.8. The highest BCUT2D eigenvalue weighted by Crippen LogP contribution is 2.33. The van der Waals surface area contributed by atoms with Gasteiger partial charge in [0.05, 0.1) is 19.8 Å². The summed E-state index contributed by atoms with van der Waals surface area (Å²) in [6.07, 6.45) is -1.47. The molecule has 2 saturated heterocycles. The van der Waals surface area contributed by atoms with Gasteiger partial charge in [-0.1, -0.05) is 60.7 Å². The zero-order valence-electron chi connectivity index (χ0n) is 15.8. The number of ether oxygens (including phenoxy) is 4. The Morgan fingerprint density at radius 3 is 2.11 bits per heavy atom. The van der Waals surface area contributed by atoms with E-state index in [2.05, 4.69) is 5.32 Å². The number of hydrogen-bond acceptors (Lipinski definition) is 5. The Hall–Kier alpha value is -2.25. The van der Waals surface area contributed by atoms with Crippen LogP contribution < -0.4 is 5.32 Å². The molecule has 2 bridgehead atoms. The monoisotopic (exact) mass is 383 g/mol. The molecule has 2 aromatic carbocycles. The number of hydrogen-bond donors (Lipinski definition) is 1. The zero-order chi connectivity index (χ0) is 19.3. The summed E-state index contributed by atoms with van der Waals surface area (Å²) in [5.41, 5.74) is 2.13. The highest BCUT2D eigenvalue weighted by Gasteiger charge is 2.52. The van der Waals surface area contributed by atoms with Crippen LogP contribution in [0.1, 0.15) is 18.1 Å². The van der Waals surface area contributed by atoms with Crippen LogP contribution in [-0.4, -0.2) is 43.2 Å². The maximum Gasteiger partial charge on any atom is 0.217 e. The van der Waals surface area contributed by atoms with E-state index in [9.17, 15) is 4.79 Å². The largest absolute Gasteiger partial charge is 0.368 e. The fraction of sp³-hybridized carbons (Fsp3) is 0.409. The molecule has 2 aromatic rings. The summed E-state index contributed by atoms with van der Waals surface area (Å²) in [4.78, 5) is 11.8. The van der Waals surface area contributed by atoms with Crippen molar-refractivity contribution in [3.05, 3.63) is 71.8 Å². The number of fused-ring (bicyclic) bond motifs is 2. The molecule has 1 N–H and O–H groups in total. The van der Waals surface area contributed by atoms with Crippen molar-refractivity contribution >= 4 is 5.91 Å². The Labute approximate surface area is 164 Å². The Bertz CT molecular complexity index is 769. The Morgan fingerprint density at radius 2 is 1.54 bits per heavy atom. The molecule has 1 amide bonds. The van der Waals surface area contributed by atoms with Crippen LogP contribution in [0.15, 0.2) is 60.7 Å². The van der Waals surface area contributed by atoms with Crippen LogP contribution >= 0.6 is 0 Å². The van der Waals surface area contributed by atoms with Crippen molar-refractivity contribution in [3.63, 3.8) is 0 Å². The molecule has 0 saturated carbocycles. The Balaban J connectivity index is 1.51. The lowest BCUT2D eigenvalue weighted by molar-refractivity contribution is -0.218. The lowest BCUT2D eigenvalue weighted by atomic mass is 9.98. The van der Waals surface area contributed by atoms with Gasteiger partial charge in [-0.2, -0.15) is 0 Å². The van der Waals surface area contributed by atoms with E-state index in [1.54, 1.807) is 0 Å². The second-order valence-corrected chi connectivity index (χ2v) is 7.13. The van der Waals surface area contributed by atoms with Gasteiger partial charge in [0.1, 0.15) is 24.4 Å². The summed E-state index contributed by atoms with van der Waals surface area (Å²) in [7, 11) is 0. The van der Waals surface area contributed by atoms with E-state index in [0.29, 0.717) is 19.8 Å². The Morgan fingerprint density at radius 1 is 0.964 bits per heavy atom. The molecule has 6 nitrogen and oxygen atoms in total. The van der Waals surface area contributed by atoms with Crippen molar-refractivity contribution in [1.29, 1.82) is 0 Å². The standard InChI is InChI=1S/C22H25NO5/c1-15(24)23-19-21(26-13-17-10-6-3-7-11-17)20(18-14-27-22(19)28-18)25-12-16-8-4-2-5-9-16/h2-11,18-22H,12-14H2,1H3,(H,23,24). The molecule has 2 fully saturated rings. The van der Waals surface area contributed by atoms with Crippen LogP contribution in [0.5, 0.6) is 0 Å². The first-order valence-corrected chi connectivity index (χ1v) is 9.56. The molecule has 4 rings (SSSR count). The van der Waals surface area contributed by atoms with Crippen LogP contribution in [0, 0.1) is 0 Å². The van der Waals surface area contributed by atoms with Crippen LogP contribution in [0.4, 0.5) is 0 Å². The number of benzene rings is 2. The summed E-state index contributed by atoms with van der Waals surface area (Å²) < 4.78 is 24.2. The molecule has 2 aliphatic heterocycles. The first kappa shape index (κ1) is 19.1. The fourth-order valence-corrected chi connectivity index (χ4v) is 3.69. The van der Waals surface area contributed by atoms with E-state index in [4.69, 9.17) is 18.9 Å². The quantitative estimate of drug-likeness (QED) is 0.795. The van der Waals surface area contributed by atoms with Crippen molar-refractivity contribution in [1.82, 2.24) is 5.32 Å². The smallest absolute Gasteiger partial charge is 0.217 e. The van der Waals surface area contributed by atoms with Gasteiger partial charge in [0.25, 0.3) is 0 Å². The van der Waals surface area contributed by atoms with E-state index in [1.807, 2.05) is 60.7 Å². The minimum absolute atomic E-state index is 0.155. The number of nitrogens with one attached hydrogen (secondary N) is 1. The average Bonchev–Trinajstić information content (AvgIpc) is 3.15. The average molecular weight is 383 g/mol. The van der Waals surface area contributed by atoms with Crippen LogP contribution in [0.2, 0.25) is 0 Å². The van der Waals surface area contributed by atoms with Gasteiger partial charge < -0.3 is 24.3 Å². The second-order valence-electron chi connectivity index (χ2n) is 7.13. The summed E-state index contributed by atoms with van der Waals surface area (Å²) >= 11 is 0. The predicted molar refractivity (Wildman–Crippen MR) is 102 cm³/mol. The molecule has 0 aromatic heterocycles. The number of carbonyl (C=O) groups is 1. The molecule has 6 heteroatoms. The highest BCUT2D eigenvalue weighted by atomic mass is 16.7. The fourth-order valence-electron chi connectivity index (χ4n) is 3.69. The second kappa shape index (κ2) is 8.84. The first-order valence-electron chi connectivity index (χ1n) is 9.56. The van der Waals surface area contributed by atoms with Crippen molar-refractivity contribution in [2.24, 2.45) is 0 Å². The molecular weight excluding hydrogens is 358 g/mol. The van der Waals surface area contributed by atoms with Gasteiger partial charge in [-0.25, -0.2) is 0 Å². The SMILES string of the molecule is CC(=O)NC1C2OCC(O2)C(OCc2ccccc2)C1OCc1ccccc1. The predicted octanol–water partition coefficient (Wildman–Crippen LogP) is 2.42. The summed E-state index contributed by atoms with van der Waals surface area (Å²) in [6.45, 7) is 2.76. The van der Waals surface area contributed by atoms with Crippen LogP contribution in [0.3, 0.4) is 0 Å². The van der Waals surface area contributed by atoms with Crippen molar-refractivity contribution < 1.29 is 23.7 Å². The van der Waals surface area contributed by atoms with E-state index in [0.717, 1.165) is 11.1 Å². The van der Waals surface area contributed by atoms with Gasteiger partial charge in [-0.15, -0.1) is 0 Å². The van der Waals surface area contributed by atoms with Crippen molar-refractivity contribution in [2.75, 3.05) is 6.61 Å². The number of amides is 1. The molecule has 28 heavy (non-hydrogen) atoms. The lowest BCUT2D eigenvalue weighted by Crippen LogP contribution is -2.61. The van der Waals surface area contributed by atoms with Gasteiger partial charge in [-0.3, -0.25) is 4.79 Å². The molecule has 0 aliphatic carbocycles. The Kier molecular flexibility index (Phi) is 6.02. The van der Waals surface area contributed by atoms with Gasteiger partial charge in [0, 0.05) is 6.92 Å². The highest BCUT2D eigenvalue weighted by molar-refractivity contribution is 5.73. The maximum atomic E-state index is 11.8. The van der Waals surface area contributed by atoms with Gasteiger partial charge in [0.2, 0.25) is 5.91 Å². The van der Waals surface area contributed by atoms with E-state index in [-0.39, 0.29) is 24.2 Å². The first-order chi connectivity index (χ1) is 13.7. The molecule has 5 atom stereocenters. The van der Waals surface area contributed by atoms with E-state index < -0.39 is 12.3 Å². The van der Waals surface area contributed by atoms with Gasteiger partial charge >= 0.3 is 0 Å². The normalized spacial score (nSPS) is 28.8. The van der Waals surface area contributed by atoms with Crippen molar-refractivity contribution in [2.45, 2.75) is 50.8 Å². The van der Waals surface area contributed by atoms with Gasteiger partial charge in [-0.05, 0) is 11.1 Å². The van der Waals surface area contributed by atoms with Crippen LogP contribution in [-0.2, 0) is 37.0 Å². The third-order valence-electron chi connectivity index (χ3n) is 5.01. The van der Waals surface area contributed by atoms with Crippen molar-refractivity contribution in [3.8, 4) is 0 Å². The molecule has 0 spiro atoms. The van der Waals surface area contributed by atoms with Gasteiger partial charge in [0.15, 0.2) is 6.29 Å². The molecule has 2 aliphatic rings. The molecule has 2 heterocycles. The minimum Gasteiger partial charge on any atom is -0.368 e. The number of carbonyl (C=O) groups excluding carboxylic acids is 1. The summed E-state index contributed by atoms with van der Waals surface area (Å²) in [5, 5.41) is 2.93. The summed E-state index contributed by atoms with van der Waals surface area (Å²) in [6, 6.07) is 19.5. The molecule has 5 unspecified atom stereocenters. The third kappa shape index (κ3) is 4.42. The molecule has 148 valence electrons. The number of rotatable bonds is 7. The summed E-state index contributed by atoms with van der Waals surface area (Å²) in [5.74, 6) is -0.155. The topological polar surface area (TPSA) is 66.0 Å².